The van der Waals surface area contributed by atoms with Gasteiger partial charge in [0.2, 0.25) is 23.6 Å². The molecule has 1 saturated carbocycles. The summed E-state index contributed by atoms with van der Waals surface area (Å²) in [4.78, 5) is 55.4. The Labute approximate surface area is 161 Å². The van der Waals surface area contributed by atoms with Crippen LogP contribution in [0.2, 0.25) is 0 Å². The molecular formula is C22H18N2O4. The van der Waals surface area contributed by atoms with Crippen molar-refractivity contribution in [2.75, 3.05) is 9.80 Å². The van der Waals surface area contributed by atoms with Gasteiger partial charge in [-0.05, 0) is 38.1 Å². The molecule has 0 bridgehead atoms. The third kappa shape index (κ3) is 1.64. The molecule has 6 nitrogen and oxygen atoms in total. The number of carbonyl (C=O) groups is 4. The van der Waals surface area contributed by atoms with E-state index in [4.69, 9.17) is 0 Å². The van der Waals surface area contributed by atoms with Crippen molar-refractivity contribution in [3.05, 3.63) is 60.7 Å². The van der Waals surface area contributed by atoms with E-state index in [1.807, 2.05) is 0 Å². The van der Waals surface area contributed by atoms with E-state index in [1.165, 1.54) is 0 Å². The van der Waals surface area contributed by atoms with Crippen molar-refractivity contribution in [2.45, 2.75) is 13.8 Å². The number of hydrogen-bond acceptors (Lipinski definition) is 4. The summed E-state index contributed by atoms with van der Waals surface area (Å²) < 4.78 is 0. The van der Waals surface area contributed by atoms with Crippen LogP contribution in [0.25, 0.3) is 0 Å². The lowest BCUT2D eigenvalue weighted by Gasteiger charge is -2.53. The van der Waals surface area contributed by atoms with Crippen molar-refractivity contribution in [3.63, 3.8) is 0 Å². The van der Waals surface area contributed by atoms with E-state index >= 15 is 0 Å². The van der Waals surface area contributed by atoms with Crippen LogP contribution in [0.15, 0.2) is 60.7 Å². The SMILES string of the molecule is CC12C(=O)N(c3ccccc3)C(=O)C1C1(C)C(=O)N(c3ccccc3)C(=O)C21. The minimum Gasteiger partial charge on any atom is -0.274 e. The predicted octanol–water partition coefficient (Wildman–Crippen LogP) is 2.39. The Kier molecular flexibility index (Phi) is 3.11. The van der Waals surface area contributed by atoms with Crippen LogP contribution >= 0.6 is 0 Å². The van der Waals surface area contributed by atoms with Crippen LogP contribution in [0.4, 0.5) is 11.4 Å². The summed E-state index contributed by atoms with van der Waals surface area (Å²) in [6.45, 7) is 3.29. The Bertz CT molecular complexity index is 953. The van der Waals surface area contributed by atoms with E-state index in [0.29, 0.717) is 11.4 Å². The average molecular weight is 374 g/mol. The third-order valence-electron chi connectivity index (χ3n) is 6.69. The number of amides is 4. The summed E-state index contributed by atoms with van der Waals surface area (Å²) >= 11 is 0. The number of benzene rings is 2. The number of carbonyl (C=O) groups excluding carboxylic acids is 4. The molecule has 0 unspecified atom stereocenters. The smallest absolute Gasteiger partial charge is 0.241 e. The number of para-hydroxylation sites is 2. The Morgan fingerprint density at radius 3 is 1.25 bits per heavy atom. The molecule has 28 heavy (non-hydrogen) atoms. The maximum Gasteiger partial charge on any atom is 0.241 e. The van der Waals surface area contributed by atoms with Crippen molar-refractivity contribution >= 4 is 35.0 Å². The fraction of sp³-hybridized carbons (Fsp3) is 0.273. The molecule has 2 aromatic rings. The van der Waals surface area contributed by atoms with Crippen molar-refractivity contribution in [3.8, 4) is 0 Å². The molecule has 3 fully saturated rings. The molecule has 0 atom stereocenters. The standard InChI is InChI=1S/C22H18N2O4/c1-21-15(17(25)23(19(21)27)13-9-5-3-6-10-13)22(2)16(21)18(26)24(20(22)28)14-11-7-4-8-12-14/h3-12,15-16H,1-2H3. The summed E-state index contributed by atoms with van der Waals surface area (Å²) in [5, 5.41) is 0. The normalized spacial score (nSPS) is 33.8. The molecule has 2 heterocycles. The van der Waals surface area contributed by atoms with E-state index in [0.717, 1.165) is 9.80 Å². The quantitative estimate of drug-likeness (QED) is 0.757. The molecule has 4 amide bonds. The zero-order valence-corrected chi connectivity index (χ0v) is 15.5. The second-order valence-corrected chi connectivity index (χ2v) is 8.06. The van der Waals surface area contributed by atoms with E-state index in [1.54, 1.807) is 74.5 Å². The molecule has 0 N–H and O–H groups in total. The first-order valence-electron chi connectivity index (χ1n) is 9.21. The lowest BCUT2D eigenvalue weighted by Crippen LogP contribution is -2.65. The largest absolute Gasteiger partial charge is 0.274 e. The maximum absolute atomic E-state index is 13.3. The number of anilines is 2. The van der Waals surface area contributed by atoms with Crippen molar-refractivity contribution in [2.24, 2.45) is 22.7 Å². The van der Waals surface area contributed by atoms with Gasteiger partial charge in [-0.3, -0.25) is 19.2 Å². The first-order valence-corrected chi connectivity index (χ1v) is 9.21. The van der Waals surface area contributed by atoms with Gasteiger partial charge in [0.05, 0.1) is 34.0 Å². The summed E-state index contributed by atoms with van der Waals surface area (Å²) in [7, 11) is 0. The second kappa shape index (κ2) is 5.16. The Hall–Kier alpha value is -3.28. The van der Waals surface area contributed by atoms with Gasteiger partial charge in [-0.2, -0.15) is 0 Å². The van der Waals surface area contributed by atoms with Crippen molar-refractivity contribution < 1.29 is 19.2 Å². The first-order chi connectivity index (χ1) is 13.3. The van der Waals surface area contributed by atoms with Crippen LogP contribution in [-0.2, 0) is 19.2 Å². The first kappa shape index (κ1) is 16.9. The molecule has 140 valence electrons. The number of nitrogens with zero attached hydrogens (tertiary/aromatic N) is 2. The molecule has 2 aliphatic heterocycles. The summed E-state index contributed by atoms with van der Waals surface area (Å²) in [5.41, 5.74) is -1.49. The molecule has 0 radical (unpaired) electrons. The van der Waals surface area contributed by atoms with E-state index in [-0.39, 0.29) is 0 Å². The monoisotopic (exact) mass is 374 g/mol. The molecule has 2 saturated heterocycles. The highest BCUT2D eigenvalue weighted by Gasteiger charge is 2.85. The van der Waals surface area contributed by atoms with Crippen LogP contribution in [0, 0.1) is 22.7 Å². The Morgan fingerprint density at radius 2 is 0.929 bits per heavy atom. The molecule has 0 spiro atoms. The molecule has 5 rings (SSSR count). The van der Waals surface area contributed by atoms with Crippen LogP contribution in [0.5, 0.6) is 0 Å². The minimum atomic E-state index is -1.21. The summed E-state index contributed by atoms with van der Waals surface area (Å²) in [6, 6.07) is 17.3. The average Bonchev–Trinajstić information content (AvgIpc) is 2.97. The lowest BCUT2D eigenvalue weighted by atomic mass is 9.41. The van der Waals surface area contributed by atoms with Gasteiger partial charge in [-0.1, -0.05) is 36.4 Å². The molecule has 2 aromatic carbocycles. The van der Waals surface area contributed by atoms with Crippen molar-refractivity contribution in [1.29, 1.82) is 0 Å². The Morgan fingerprint density at radius 1 is 0.607 bits per heavy atom. The zero-order valence-electron chi connectivity index (χ0n) is 15.5. The maximum atomic E-state index is 13.3. The number of fused-ring (bicyclic) bond motifs is 4. The lowest BCUT2D eigenvalue weighted by molar-refractivity contribution is -0.179. The molecular weight excluding hydrogens is 356 g/mol. The highest BCUT2D eigenvalue weighted by atomic mass is 16.2. The van der Waals surface area contributed by atoms with Gasteiger partial charge in [0, 0.05) is 0 Å². The number of hydrogen-bond donors (Lipinski definition) is 0. The number of imide groups is 2. The van der Waals surface area contributed by atoms with Gasteiger partial charge in [0.25, 0.3) is 0 Å². The third-order valence-corrected chi connectivity index (χ3v) is 6.69. The second-order valence-electron chi connectivity index (χ2n) is 8.06. The summed E-state index contributed by atoms with van der Waals surface area (Å²) in [5.74, 6) is -3.33. The fourth-order valence-corrected chi connectivity index (χ4v) is 5.59. The van der Waals surface area contributed by atoms with E-state index in [9.17, 15) is 19.2 Å². The highest BCUT2D eigenvalue weighted by Crippen LogP contribution is 2.71. The van der Waals surface area contributed by atoms with E-state index in [2.05, 4.69) is 0 Å². The van der Waals surface area contributed by atoms with Gasteiger partial charge in [0.1, 0.15) is 0 Å². The minimum absolute atomic E-state index is 0.409. The van der Waals surface area contributed by atoms with Gasteiger partial charge in [-0.15, -0.1) is 0 Å². The molecule has 0 aromatic heterocycles. The predicted molar refractivity (Wildman–Crippen MR) is 101 cm³/mol. The van der Waals surface area contributed by atoms with E-state index < -0.39 is 46.3 Å². The van der Waals surface area contributed by atoms with Gasteiger partial charge in [-0.25, -0.2) is 9.80 Å². The van der Waals surface area contributed by atoms with Crippen LogP contribution < -0.4 is 9.80 Å². The zero-order chi connectivity index (χ0) is 19.8. The molecule has 3 aliphatic rings. The van der Waals surface area contributed by atoms with Gasteiger partial charge < -0.3 is 0 Å². The van der Waals surface area contributed by atoms with Crippen LogP contribution in [0.1, 0.15) is 13.8 Å². The topological polar surface area (TPSA) is 74.8 Å². The van der Waals surface area contributed by atoms with Crippen molar-refractivity contribution in [1.82, 2.24) is 0 Å². The molecule has 6 heteroatoms. The van der Waals surface area contributed by atoms with Crippen LogP contribution in [-0.4, -0.2) is 23.6 Å². The van der Waals surface area contributed by atoms with Gasteiger partial charge >= 0.3 is 0 Å². The molecule has 1 aliphatic carbocycles. The van der Waals surface area contributed by atoms with Gasteiger partial charge in [0.15, 0.2) is 0 Å². The van der Waals surface area contributed by atoms with Crippen LogP contribution in [0.3, 0.4) is 0 Å². The fourth-order valence-electron chi connectivity index (χ4n) is 5.59. The Balaban J connectivity index is 1.61. The number of rotatable bonds is 2. The highest BCUT2D eigenvalue weighted by molar-refractivity contribution is 6.34. The summed E-state index contributed by atoms with van der Waals surface area (Å²) in [6.07, 6.45) is 0.